The van der Waals surface area contributed by atoms with Gasteiger partial charge < -0.3 is 10.1 Å². The van der Waals surface area contributed by atoms with Gasteiger partial charge in [-0.2, -0.15) is 4.31 Å². The monoisotopic (exact) mass is 497 g/mol. The van der Waals surface area contributed by atoms with E-state index < -0.39 is 16.1 Å². The number of rotatable bonds is 4. The SMILES string of the molecule is CC(=O)Nc1ccc(S(=O)(=O)N2CCC(N3C(=O)OCc4cc(Cl)ccc43)CC2)cc1Cl. The topological polar surface area (TPSA) is 96.0 Å². The molecule has 170 valence electrons. The molecule has 2 aromatic carbocycles. The van der Waals surface area contributed by atoms with E-state index in [0.717, 1.165) is 11.3 Å². The standard InChI is InChI=1S/C21H21Cl2N3O5S/c1-13(27)24-19-4-3-17(11-18(19)23)32(29,30)25-8-6-16(7-9-25)26-20-5-2-15(22)10-14(20)12-31-21(26)28/h2-5,10-11,16H,6-9,12H2,1H3,(H,24,27). The molecule has 0 unspecified atom stereocenters. The van der Waals surface area contributed by atoms with E-state index in [2.05, 4.69) is 5.32 Å². The van der Waals surface area contributed by atoms with Crippen molar-refractivity contribution in [3.63, 3.8) is 0 Å². The second-order valence-electron chi connectivity index (χ2n) is 7.66. The molecule has 0 atom stereocenters. The number of halogens is 2. The fraction of sp³-hybridized carbons (Fsp3) is 0.333. The highest BCUT2D eigenvalue weighted by atomic mass is 35.5. The van der Waals surface area contributed by atoms with E-state index in [-0.39, 0.29) is 41.6 Å². The Morgan fingerprint density at radius 2 is 1.84 bits per heavy atom. The molecule has 8 nitrogen and oxygen atoms in total. The van der Waals surface area contributed by atoms with Gasteiger partial charge in [-0.3, -0.25) is 9.69 Å². The Morgan fingerprint density at radius 1 is 1.12 bits per heavy atom. The van der Waals surface area contributed by atoms with E-state index in [1.807, 2.05) is 0 Å². The van der Waals surface area contributed by atoms with E-state index in [1.165, 1.54) is 29.4 Å². The van der Waals surface area contributed by atoms with Crippen LogP contribution in [0.1, 0.15) is 25.3 Å². The number of nitrogens with zero attached hydrogens (tertiary/aromatic N) is 2. The molecule has 11 heteroatoms. The maximum atomic E-state index is 13.1. The van der Waals surface area contributed by atoms with Gasteiger partial charge >= 0.3 is 6.09 Å². The quantitative estimate of drug-likeness (QED) is 0.680. The van der Waals surface area contributed by atoms with E-state index >= 15 is 0 Å². The maximum absolute atomic E-state index is 13.1. The summed E-state index contributed by atoms with van der Waals surface area (Å²) in [6.45, 7) is 1.99. The number of ether oxygens (including phenoxy) is 1. The lowest BCUT2D eigenvalue weighted by atomic mass is 10.0. The van der Waals surface area contributed by atoms with Crippen molar-refractivity contribution in [2.45, 2.75) is 37.3 Å². The van der Waals surface area contributed by atoms with E-state index in [4.69, 9.17) is 27.9 Å². The van der Waals surface area contributed by atoms with Crippen molar-refractivity contribution in [3.8, 4) is 0 Å². The minimum atomic E-state index is -3.78. The predicted molar refractivity (Wildman–Crippen MR) is 122 cm³/mol. The largest absolute Gasteiger partial charge is 0.444 e. The van der Waals surface area contributed by atoms with Crippen molar-refractivity contribution in [2.75, 3.05) is 23.3 Å². The molecule has 2 heterocycles. The highest BCUT2D eigenvalue weighted by Gasteiger charge is 2.37. The Labute approximate surface area is 196 Å². The van der Waals surface area contributed by atoms with Crippen molar-refractivity contribution in [2.24, 2.45) is 0 Å². The van der Waals surface area contributed by atoms with Crippen LogP contribution in [-0.2, 0) is 26.2 Å². The summed E-state index contributed by atoms with van der Waals surface area (Å²) in [7, 11) is -3.78. The average molecular weight is 498 g/mol. The molecule has 0 bridgehead atoms. The molecule has 1 saturated heterocycles. The smallest absolute Gasteiger partial charge is 0.414 e. The Morgan fingerprint density at radius 3 is 2.50 bits per heavy atom. The van der Waals surface area contributed by atoms with Crippen LogP contribution in [0.2, 0.25) is 10.0 Å². The van der Waals surface area contributed by atoms with Crippen LogP contribution in [-0.4, -0.2) is 43.9 Å². The molecule has 2 aliphatic rings. The number of cyclic esters (lactones) is 1. The van der Waals surface area contributed by atoms with Gasteiger partial charge in [-0.25, -0.2) is 13.2 Å². The number of piperidine rings is 1. The molecular weight excluding hydrogens is 477 g/mol. The highest BCUT2D eigenvalue weighted by Crippen LogP contribution is 2.35. The minimum Gasteiger partial charge on any atom is -0.444 e. The first-order valence-electron chi connectivity index (χ1n) is 9.98. The zero-order valence-electron chi connectivity index (χ0n) is 17.2. The van der Waals surface area contributed by atoms with Gasteiger partial charge in [-0.1, -0.05) is 23.2 Å². The van der Waals surface area contributed by atoms with Crippen molar-refractivity contribution in [3.05, 3.63) is 52.0 Å². The normalized spacial score (nSPS) is 17.6. The number of benzene rings is 2. The van der Waals surface area contributed by atoms with Crippen LogP contribution in [0.25, 0.3) is 0 Å². The van der Waals surface area contributed by atoms with Crippen molar-refractivity contribution >= 4 is 56.6 Å². The third-order valence-electron chi connectivity index (χ3n) is 5.53. The van der Waals surface area contributed by atoms with Crippen molar-refractivity contribution in [1.82, 2.24) is 4.31 Å². The molecule has 2 amide bonds. The van der Waals surface area contributed by atoms with E-state index in [1.54, 1.807) is 23.1 Å². The summed E-state index contributed by atoms with van der Waals surface area (Å²) in [5.41, 5.74) is 1.91. The number of nitrogens with one attached hydrogen (secondary N) is 1. The van der Waals surface area contributed by atoms with Crippen LogP contribution < -0.4 is 10.2 Å². The fourth-order valence-corrected chi connectivity index (χ4v) is 5.98. The van der Waals surface area contributed by atoms with Crippen molar-refractivity contribution in [1.29, 1.82) is 0 Å². The first-order chi connectivity index (χ1) is 15.2. The summed E-state index contributed by atoms with van der Waals surface area (Å²) in [5.74, 6) is -0.301. The average Bonchev–Trinajstić information content (AvgIpc) is 2.75. The molecule has 0 spiro atoms. The summed E-state index contributed by atoms with van der Waals surface area (Å²) in [6.07, 6.45) is 0.462. The summed E-state index contributed by atoms with van der Waals surface area (Å²) < 4.78 is 32.9. The highest BCUT2D eigenvalue weighted by molar-refractivity contribution is 7.89. The molecule has 32 heavy (non-hydrogen) atoms. The van der Waals surface area contributed by atoms with Gasteiger partial charge in [-0.05, 0) is 49.2 Å². The molecule has 0 aromatic heterocycles. The van der Waals surface area contributed by atoms with Crippen LogP contribution in [0, 0.1) is 0 Å². The number of sulfonamides is 1. The molecule has 2 aromatic rings. The number of hydrogen-bond acceptors (Lipinski definition) is 5. The Kier molecular flexibility index (Phi) is 6.35. The van der Waals surface area contributed by atoms with Crippen molar-refractivity contribution < 1.29 is 22.7 Å². The Balaban J connectivity index is 1.50. The second-order valence-corrected chi connectivity index (χ2v) is 10.4. The molecule has 1 fully saturated rings. The molecule has 0 radical (unpaired) electrons. The van der Waals surface area contributed by atoms with Crippen LogP contribution in [0.4, 0.5) is 16.2 Å². The zero-order valence-corrected chi connectivity index (χ0v) is 19.5. The maximum Gasteiger partial charge on any atom is 0.414 e. The number of fused-ring (bicyclic) bond motifs is 1. The molecule has 4 rings (SSSR count). The van der Waals surface area contributed by atoms with Gasteiger partial charge in [0.1, 0.15) is 6.61 Å². The lowest BCUT2D eigenvalue weighted by Crippen LogP contribution is -2.50. The minimum absolute atomic E-state index is 0.0485. The number of carbonyl (C=O) groups excluding carboxylic acids is 2. The second kappa shape index (κ2) is 8.90. The molecule has 0 aliphatic carbocycles. The first-order valence-corrected chi connectivity index (χ1v) is 12.2. The summed E-state index contributed by atoms with van der Waals surface area (Å²) in [6, 6.07) is 9.30. The number of carbonyl (C=O) groups is 2. The molecular formula is C21H21Cl2N3O5S. The first kappa shape index (κ1) is 22.8. The number of amides is 2. The van der Waals surface area contributed by atoms with Gasteiger partial charge in [-0.15, -0.1) is 0 Å². The summed E-state index contributed by atoms with van der Waals surface area (Å²) in [4.78, 5) is 25.4. The van der Waals surface area contributed by atoms with E-state index in [9.17, 15) is 18.0 Å². The van der Waals surface area contributed by atoms with Gasteiger partial charge in [0.2, 0.25) is 15.9 Å². The summed E-state index contributed by atoms with van der Waals surface area (Å²) in [5, 5.41) is 3.25. The Hall–Kier alpha value is -2.33. The lowest BCUT2D eigenvalue weighted by Gasteiger charge is -2.39. The van der Waals surface area contributed by atoms with Crippen LogP contribution in [0.5, 0.6) is 0 Å². The number of hydrogen-bond donors (Lipinski definition) is 1. The van der Waals surface area contributed by atoms with Gasteiger partial charge in [0.05, 0.1) is 21.3 Å². The number of anilines is 2. The van der Waals surface area contributed by atoms with Crippen LogP contribution in [0.15, 0.2) is 41.3 Å². The fourth-order valence-electron chi connectivity index (χ4n) is 3.99. The van der Waals surface area contributed by atoms with Gasteiger partial charge in [0.15, 0.2) is 0 Å². The van der Waals surface area contributed by atoms with E-state index in [0.29, 0.717) is 23.6 Å². The Bertz CT molecular complexity index is 1180. The zero-order chi connectivity index (χ0) is 23.0. The van der Waals surface area contributed by atoms with Crippen LogP contribution in [0.3, 0.4) is 0 Å². The lowest BCUT2D eigenvalue weighted by molar-refractivity contribution is -0.114. The molecule has 2 aliphatic heterocycles. The molecule has 0 saturated carbocycles. The third-order valence-corrected chi connectivity index (χ3v) is 7.97. The van der Waals surface area contributed by atoms with Gasteiger partial charge in [0.25, 0.3) is 0 Å². The van der Waals surface area contributed by atoms with Gasteiger partial charge in [0, 0.05) is 36.6 Å². The third kappa shape index (κ3) is 4.43. The predicted octanol–water partition coefficient (Wildman–Crippen LogP) is 4.26. The van der Waals surface area contributed by atoms with Crippen LogP contribution >= 0.6 is 23.2 Å². The summed E-state index contributed by atoms with van der Waals surface area (Å²) >= 11 is 12.2. The molecule has 1 N–H and O–H groups in total.